The van der Waals surface area contributed by atoms with Crippen molar-refractivity contribution < 1.29 is 9.59 Å². The number of hydrogen-bond acceptors (Lipinski definition) is 2. The molecule has 0 aromatic heterocycles. The van der Waals surface area contributed by atoms with Crippen LogP contribution in [0, 0.1) is 0 Å². The van der Waals surface area contributed by atoms with Crippen molar-refractivity contribution in [3.63, 3.8) is 0 Å². The maximum absolute atomic E-state index is 10.6. The highest BCUT2D eigenvalue weighted by Crippen LogP contribution is 2.18. The van der Waals surface area contributed by atoms with E-state index < -0.39 is 0 Å². The van der Waals surface area contributed by atoms with Crippen LogP contribution in [0.5, 0.6) is 0 Å². The van der Waals surface area contributed by atoms with Gasteiger partial charge in [0.2, 0.25) is 5.91 Å². The van der Waals surface area contributed by atoms with Gasteiger partial charge in [-0.05, 0) is 12.8 Å². The van der Waals surface area contributed by atoms with Crippen molar-refractivity contribution in [3.05, 3.63) is 0 Å². The molecule has 0 heterocycles. The second-order valence-electron chi connectivity index (χ2n) is 2.21. The Kier molecular flexibility index (Phi) is 1.82. The zero-order chi connectivity index (χ0) is 6.69. The summed E-state index contributed by atoms with van der Waals surface area (Å²) in [5.41, 5.74) is 0. The van der Waals surface area contributed by atoms with E-state index in [0.717, 1.165) is 12.8 Å². The van der Waals surface area contributed by atoms with Crippen LogP contribution in [0.2, 0.25) is 0 Å². The summed E-state index contributed by atoms with van der Waals surface area (Å²) in [5, 5.41) is 2.68. The molecule has 1 aliphatic rings. The van der Waals surface area contributed by atoms with Gasteiger partial charge in [-0.3, -0.25) is 4.79 Å². The van der Waals surface area contributed by atoms with Gasteiger partial charge in [0.25, 0.3) is 0 Å². The lowest BCUT2D eigenvalue weighted by Gasteiger charge is -1.95. The number of carbonyl (C=O) groups excluding carboxylic acids is 2. The Labute approximate surface area is 53.4 Å². The van der Waals surface area contributed by atoms with Gasteiger partial charge in [-0.25, -0.2) is 0 Å². The average Bonchev–Trinajstić information content (AvgIpc) is 2.50. The molecule has 9 heavy (non-hydrogen) atoms. The molecule has 0 atom stereocenters. The van der Waals surface area contributed by atoms with Crippen molar-refractivity contribution in [3.8, 4) is 0 Å². The lowest BCUT2D eigenvalue weighted by atomic mass is 10.4. The van der Waals surface area contributed by atoms with Crippen LogP contribution in [0.4, 0.5) is 0 Å². The molecule has 1 aliphatic carbocycles. The lowest BCUT2D eigenvalue weighted by Crippen LogP contribution is -2.25. The third-order valence-corrected chi connectivity index (χ3v) is 1.21. The number of hydrogen-bond donors (Lipinski definition) is 1. The van der Waals surface area contributed by atoms with E-state index in [4.69, 9.17) is 0 Å². The summed E-state index contributed by atoms with van der Waals surface area (Å²) in [7, 11) is 0. The molecule has 1 rings (SSSR count). The van der Waals surface area contributed by atoms with Gasteiger partial charge in [-0.1, -0.05) is 0 Å². The van der Waals surface area contributed by atoms with Crippen molar-refractivity contribution in [2.75, 3.05) is 0 Å². The smallest absolute Gasteiger partial charge is 0.227 e. The van der Waals surface area contributed by atoms with Gasteiger partial charge in [0.05, 0.1) is 6.42 Å². The van der Waals surface area contributed by atoms with E-state index in [1.165, 1.54) is 0 Å². The summed E-state index contributed by atoms with van der Waals surface area (Å²) in [6, 6.07) is 0.373. The molecule has 0 aromatic rings. The molecule has 1 saturated carbocycles. The molecular weight excluding hydrogens is 118 g/mol. The third kappa shape index (κ3) is 2.26. The zero-order valence-corrected chi connectivity index (χ0v) is 5.09. The zero-order valence-electron chi connectivity index (χ0n) is 5.09. The van der Waals surface area contributed by atoms with Crippen LogP contribution in [0.1, 0.15) is 19.3 Å². The molecule has 0 bridgehead atoms. The molecule has 0 aliphatic heterocycles. The first kappa shape index (κ1) is 6.26. The summed E-state index contributed by atoms with van der Waals surface area (Å²) in [6.45, 7) is 0. The van der Waals surface area contributed by atoms with Crippen LogP contribution in [-0.2, 0) is 9.59 Å². The Morgan fingerprint density at radius 1 is 1.67 bits per heavy atom. The topological polar surface area (TPSA) is 46.2 Å². The standard InChI is InChI=1S/C6H9NO2/c8-4-3-6(9)7-5-1-2-5/h4-5H,1-3H2,(H,7,9). The Hall–Kier alpha value is -0.860. The second-order valence-corrected chi connectivity index (χ2v) is 2.21. The van der Waals surface area contributed by atoms with Crippen LogP contribution in [0.15, 0.2) is 0 Å². The third-order valence-electron chi connectivity index (χ3n) is 1.21. The van der Waals surface area contributed by atoms with Gasteiger partial charge < -0.3 is 10.1 Å². The largest absolute Gasteiger partial charge is 0.353 e. The fourth-order valence-corrected chi connectivity index (χ4v) is 0.590. The van der Waals surface area contributed by atoms with Crippen molar-refractivity contribution in [1.82, 2.24) is 5.32 Å². The molecule has 50 valence electrons. The SMILES string of the molecule is O=CCC(=O)NC1CC1. The molecule has 0 radical (unpaired) electrons. The van der Waals surface area contributed by atoms with E-state index >= 15 is 0 Å². The average molecular weight is 127 g/mol. The number of rotatable bonds is 3. The second kappa shape index (κ2) is 2.62. The van der Waals surface area contributed by atoms with Crippen molar-refractivity contribution in [1.29, 1.82) is 0 Å². The van der Waals surface area contributed by atoms with Crippen LogP contribution >= 0.6 is 0 Å². The molecule has 0 spiro atoms. The van der Waals surface area contributed by atoms with E-state index in [2.05, 4.69) is 5.32 Å². The van der Waals surface area contributed by atoms with Crippen LogP contribution in [0.3, 0.4) is 0 Å². The normalized spacial score (nSPS) is 16.9. The molecular formula is C6H9NO2. The minimum absolute atomic E-state index is 0.0104. The molecule has 1 fully saturated rings. The monoisotopic (exact) mass is 127 g/mol. The summed E-state index contributed by atoms with van der Waals surface area (Å²) < 4.78 is 0. The van der Waals surface area contributed by atoms with E-state index in [-0.39, 0.29) is 12.3 Å². The summed E-state index contributed by atoms with van der Waals surface area (Å²) >= 11 is 0. The fourth-order valence-electron chi connectivity index (χ4n) is 0.590. The van der Waals surface area contributed by atoms with E-state index in [1.807, 2.05) is 0 Å². The lowest BCUT2D eigenvalue weighted by molar-refractivity contribution is -0.124. The molecule has 1 N–H and O–H groups in total. The van der Waals surface area contributed by atoms with Crippen molar-refractivity contribution in [2.24, 2.45) is 0 Å². The minimum Gasteiger partial charge on any atom is -0.353 e. The summed E-state index contributed by atoms with van der Waals surface area (Å²) in [6.07, 6.45) is 2.78. The van der Waals surface area contributed by atoms with E-state index in [1.54, 1.807) is 0 Å². The predicted molar refractivity (Wildman–Crippen MR) is 31.8 cm³/mol. The van der Waals surface area contributed by atoms with Gasteiger partial charge in [-0.2, -0.15) is 0 Å². The number of carbonyl (C=O) groups is 2. The highest BCUT2D eigenvalue weighted by Gasteiger charge is 2.22. The molecule has 3 heteroatoms. The van der Waals surface area contributed by atoms with Crippen LogP contribution in [-0.4, -0.2) is 18.2 Å². The van der Waals surface area contributed by atoms with E-state index in [9.17, 15) is 9.59 Å². The first-order chi connectivity index (χ1) is 4.33. The molecule has 0 unspecified atom stereocenters. The van der Waals surface area contributed by atoms with Gasteiger partial charge >= 0.3 is 0 Å². The Morgan fingerprint density at radius 2 is 2.33 bits per heavy atom. The van der Waals surface area contributed by atoms with Gasteiger partial charge in [0.15, 0.2) is 0 Å². The predicted octanol–water partition coefficient (Wildman–Crippen LogP) is -0.146. The Balaban J connectivity index is 2.09. The maximum atomic E-state index is 10.6. The van der Waals surface area contributed by atoms with Gasteiger partial charge in [0.1, 0.15) is 6.29 Å². The highest BCUT2D eigenvalue weighted by atomic mass is 16.2. The summed E-state index contributed by atoms with van der Waals surface area (Å²) in [5.74, 6) is -0.146. The van der Waals surface area contributed by atoms with Crippen molar-refractivity contribution in [2.45, 2.75) is 25.3 Å². The van der Waals surface area contributed by atoms with Gasteiger partial charge in [-0.15, -0.1) is 0 Å². The number of nitrogens with one attached hydrogen (secondary N) is 1. The Bertz CT molecular complexity index is 129. The quantitative estimate of drug-likeness (QED) is 0.423. The first-order valence-corrected chi connectivity index (χ1v) is 3.06. The highest BCUT2D eigenvalue weighted by molar-refractivity contribution is 5.88. The van der Waals surface area contributed by atoms with E-state index in [0.29, 0.717) is 12.3 Å². The van der Waals surface area contributed by atoms with Crippen LogP contribution in [0.25, 0.3) is 0 Å². The Morgan fingerprint density at radius 3 is 2.78 bits per heavy atom. The minimum atomic E-state index is -0.146. The maximum Gasteiger partial charge on any atom is 0.227 e. The number of aldehydes is 1. The molecule has 0 saturated heterocycles. The summed E-state index contributed by atoms with van der Waals surface area (Å²) in [4.78, 5) is 20.3. The molecule has 3 nitrogen and oxygen atoms in total. The number of amides is 1. The van der Waals surface area contributed by atoms with Gasteiger partial charge in [0, 0.05) is 6.04 Å². The van der Waals surface area contributed by atoms with Crippen LogP contribution < -0.4 is 5.32 Å². The molecule has 1 amide bonds. The fraction of sp³-hybridized carbons (Fsp3) is 0.667. The molecule has 0 aromatic carbocycles. The first-order valence-electron chi connectivity index (χ1n) is 3.06. The van der Waals surface area contributed by atoms with Crippen molar-refractivity contribution >= 4 is 12.2 Å².